The van der Waals surface area contributed by atoms with Gasteiger partial charge < -0.3 is 10.2 Å². The Morgan fingerprint density at radius 3 is 2.79 bits per heavy atom. The molecule has 1 aromatic carbocycles. The van der Waals surface area contributed by atoms with Crippen molar-refractivity contribution in [2.24, 2.45) is 0 Å². The summed E-state index contributed by atoms with van der Waals surface area (Å²) in [5.74, 6) is -2.38. The highest BCUT2D eigenvalue weighted by Crippen LogP contribution is 2.38. The van der Waals surface area contributed by atoms with Crippen LogP contribution in [0.1, 0.15) is 0 Å². The van der Waals surface area contributed by atoms with Crippen molar-refractivity contribution in [3.8, 4) is 0 Å². The maximum absolute atomic E-state index is 14.0. The van der Waals surface area contributed by atoms with Gasteiger partial charge in [0.05, 0.1) is 12.2 Å². The van der Waals surface area contributed by atoms with Gasteiger partial charge in [-0.25, -0.2) is 8.78 Å². The first-order valence-electron chi connectivity index (χ1n) is 5.80. The summed E-state index contributed by atoms with van der Waals surface area (Å²) < 4.78 is 27.3. The van der Waals surface area contributed by atoms with Gasteiger partial charge in [0.25, 0.3) is 5.91 Å². The van der Waals surface area contributed by atoms with Gasteiger partial charge >= 0.3 is 0 Å². The molecule has 0 radical (unpaired) electrons. The highest BCUT2D eigenvalue weighted by molar-refractivity contribution is 6.14. The molecule has 2 aliphatic heterocycles. The quantitative estimate of drug-likeness (QED) is 0.733. The Bertz CT molecular complexity index is 591. The summed E-state index contributed by atoms with van der Waals surface area (Å²) in [7, 11) is 1.44. The normalized spacial score (nSPS) is 22.4. The van der Waals surface area contributed by atoms with E-state index in [1.54, 1.807) is 0 Å². The monoisotopic (exact) mass is 267 g/mol. The first-order valence-corrected chi connectivity index (χ1v) is 5.80. The number of nitrogens with one attached hydrogen (secondary N) is 1. The van der Waals surface area contributed by atoms with Crippen LogP contribution in [0, 0.1) is 11.6 Å². The summed E-state index contributed by atoms with van der Waals surface area (Å²) in [6.45, 7) is 0.287. The Labute approximate surface area is 107 Å². The number of hydrogen-bond acceptors (Lipinski definition) is 3. The number of likely N-dealkylation sites (N-methyl/N-ethyl adjacent to an activating group) is 1. The van der Waals surface area contributed by atoms with Crippen LogP contribution in [0.15, 0.2) is 12.1 Å². The van der Waals surface area contributed by atoms with Crippen molar-refractivity contribution in [3.63, 3.8) is 0 Å². The fraction of sp³-hybridized carbons (Fsp3) is 0.333. The van der Waals surface area contributed by atoms with Crippen LogP contribution >= 0.6 is 0 Å². The molecule has 3 rings (SSSR count). The third-order valence-corrected chi connectivity index (χ3v) is 3.42. The zero-order valence-electron chi connectivity index (χ0n) is 10.1. The predicted molar refractivity (Wildman–Crippen MR) is 63.9 cm³/mol. The number of halogens is 2. The summed E-state index contributed by atoms with van der Waals surface area (Å²) in [6.07, 6.45) is 0. The standard InChI is InChI=1S/C12H11F2N3O2/c1-16-8-3-6(13)2-7(14)11(8)17-9(12(16)19)4-15-5-10(17)18/h2-3,9,15H,4-5H2,1H3. The van der Waals surface area contributed by atoms with Crippen molar-refractivity contribution >= 4 is 23.2 Å². The van der Waals surface area contributed by atoms with Gasteiger partial charge in [-0.2, -0.15) is 0 Å². The second kappa shape index (κ2) is 3.99. The molecule has 1 saturated heterocycles. The molecule has 5 nitrogen and oxygen atoms in total. The van der Waals surface area contributed by atoms with Crippen LogP contribution in [0.3, 0.4) is 0 Å². The molecule has 100 valence electrons. The second-order valence-electron chi connectivity index (χ2n) is 4.56. The first-order chi connectivity index (χ1) is 9.00. The molecule has 0 bridgehead atoms. The van der Waals surface area contributed by atoms with Gasteiger partial charge in [-0.3, -0.25) is 14.5 Å². The lowest BCUT2D eigenvalue weighted by atomic mass is 10.0. The Balaban J connectivity index is 2.24. The third-order valence-electron chi connectivity index (χ3n) is 3.42. The fourth-order valence-corrected chi connectivity index (χ4v) is 2.53. The molecule has 7 heteroatoms. The number of hydrogen-bond donors (Lipinski definition) is 1. The number of piperazine rings is 1. The molecule has 2 amide bonds. The number of amides is 2. The highest BCUT2D eigenvalue weighted by Gasteiger charge is 2.43. The number of benzene rings is 1. The summed E-state index contributed by atoms with van der Waals surface area (Å²) in [5, 5.41) is 2.81. The summed E-state index contributed by atoms with van der Waals surface area (Å²) in [4.78, 5) is 26.4. The number of rotatable bonds is 0. The first kappa shape index (κ1) is 12.0. The van der Waals surface area contributed by atoms with Crippen molar-refractivity contribution in [1.82, 2.24) is 5.32 Å². The third kappa shape index (κ3) is 1.61. The lowest BCUT2D eigenvalue weighted by molar-refractivity contribution is -0.126. The molecule has 19 heavy (non-hydrogen) atoms. The minimum Gasteiger partial charge on any atom is -0.311 e. The highest BCUT2D eigenvalue weighted by atomic mass is 19.1. The van der Waals surface area contributed by atoms with Crippen molar-refractivity contribution in [2.75, 3.05) is 29.9 Å². The van der Waals surface area contributed by atoms with Crippen molar-refractivity contribution in [2.45, 2.75) is 6.04 Å². The molecular weight excluding hydrogens is 256 g/mol. The predicted octanol–water partition coefficient (Wildman–Crippen LogP) is 0.246. The van der Waals surface area contributed by atoms with Crippen LogP contribution in [-0.4, -0.2) is 38.0 Å². The molecule has 0 spiro atoms. The molecule has 2 heterocycles. The van der Waals surface area contributed by atoms with E-state index in [-0.39, 0.29) is 30.4 Å². The smallest absolute Gasteiger partial charge is 0.251 e. The number of carbonyl (C=O) groups is 2. The minimum absolute atomic E-state index is 0.0278. The lowest BCUT2D eigenvalue weighted by Gasteiger charge is -2.42. The minimum atomic E-state index is -0.838. The number of carbonyl (C=O) groups excluding carboxylic acids is 2. The van der Waals surface area contributed by atoms with E-state index in [2.05, 4.69) is 5.32 Å². The van der Waals surface area contributed by atoms with Gasteiger partial charge in [0.1, 0.15) is 17.5 Å². The van der Waals surface area contributed by atoms with Crippen LogP contribution in [0.25, 0.3) is 0 Å². The maximum atomic E-state index is 14.0. The number of anilines is 2. The Morgan fingerprint density at radius 1 is 1.32 bits per heavy atom. The van der Waals surface area contributed by atoms with Gasteiger partial charge in [-0.1, -0.05) is 0 Å². The molecule has 1 atom stereocenters. The summed E-state index contributed by atoms with van der Waals surface area (Å²) in [5.41, 5.74) is 0.0500. The van der Waals surface area contributed by atoms with E-state index in [4.69, 9.17) is 0 Å². The Kier molecular flexibility index (Phi) is 2.53. The largest absolute Gasteiger partial charge is 0.311 e. The molecule has 0 aromatic heterocycles. The average molecular weight is 267 g/mol. The number of nitrogens with zero attached hydrogens (tertiary/aromatic N) is 2. The van der Waals surface area contributed by atoms with Crippen LogP contribution in [0.2, 0.25) is 0 Å². The van der Waals surface area contributed by atoms with E-state index in [1.807, 2.05) is 0 Å². The molecule has 1 N–H and O–H groups in total. The van der Waals surface area contributed by atoms with Crippen LogP contribution in [0.5, 0.6) is 0 Å². The molecule has 1 fully saturated rings. The van der Waals surface area contributed by atoms with E-state index in [0.717, 1.165) is 17.0 Å². The maximum Gasteiger partial charge on any atom is 0.251 e. The van der Waals surface area contributed by atoms with Crippen LogP contribution in [-0.2, 0) is 9.59 Å². The fourth-order valence-electron chi connectivity index (χ4n) is 2.53. The average Bonchev–Trinajstić information content (AvgIpc) is 2.36. The lowest BCUT2D eigenvalue weighted by Crippen LogP contribution is -2.63. The molecule has 0 saturated carbocycles. The number of fused-ring (bicyclic) bond motifs is 3. The summed E-state index contributed by atoms with van der Waals surface area (Å²) >= 11 is 0. The van der Waals surface area contributed by atoms with E-state index in [0.29, 0.717) is 0 Å². The van der Waals surface area contributed by atoms with E-state index < -0.39 is 23.6 Å². The van der Waals surface area contributed by atoms with Gasteiger partial charge in [0.2, 0.25) is 5.91 Å². The molecule has 1 unspecified atom stereocenters. The van der Waals surface area contributed by atoms with Gasteiger partial charge in [0.15, 0.2) is 5.82 Å². The molecular formula is C12H11F2N3O2. The van der Waals surface area contributed by atoms with Crippen molar-refractivity contribution in [3.05, 3.63) is 23.8 Å². The van der Waals surface area contributed by atoms with E-state index >= 15 is 0 Å². The van der Waals surface area contributed by atoms with Crippen molar-refractivity contribution in [1.29, 1.82) is 0 Å². The van der Waals surface area contributed by atoms with Crippen LogP contribution in [0.4, 0.5) is 20.2 Å². The van der Waals surface area contributed by atoms with E-state index in [1.165, 1.54) is 11.9 Å². The van der Waals surface area contributed by atoms with Gasteiger partial charge in [0, 0.05) is 19.7 Å². The molecule has 2 aliphatic rings. The Hall–Kier alpha value is -2.02. The van der Waals surface area contributed by atoms with Gasteiger partial charge in [-0.05, 0) is 6.07 Å². The summed E-state index contributed by atoms with van der Waals surface area (Å²) in [6, 6.07) is 0.996. The second-order valence-corrected chi connectivity index (χ2v) is 4.56. The van der Waals surface area contributed by atoms with Gasteiger partial charge in [-0.15, -0.1) is 0 Å². The molecule has 1 aromatic rings. The Morgan fingerprint density at radius 2 is 2.05 bits per heavy atom. The van der Waals surface area contributed by atoms with E-state index in [9.17, 15) is 18.4 Å². The topological polar surface area (TPSA) is 52.7 Å². The SMILES string of the molecule is CN1C(=O)C2CNCC(=O)N2c2c(F)cc(F)cc21. The van der Waals surface area contributed by atoms with Crippen molar-refractivity contribution < 1.29 is 18.4 Å². The molecule has 0 aliphatic carbocycles. The van der Waals surface area contributed by atoms with Crippen LogP contribution < -0.4 is 15.1 Å². The zero-order valence-corrected chi connectivity index (χ0v) is 10.1. The zero-order chi connectivity index (χ0) is 13.7.